The van der Waals surface area contributed by atoms with Gasteiger partial charge in [-0.3, -0.25) is 4.68 Å². The van der Waals surface area contributed by atoms with E-state index in [1.54, 1.807) is 4.31 Å². The van der Waals surface area contributed by atoms with E-state index in [0.717, 1.165) is 25.7 Å². The number of hydrogen-bond donors (Lipinski definition) is 1. The van der Waals surface area contributed by atoms with E-state index in [4.69, 9.17) is 9.84 Å². The third kappa shape index (κ3) is 2.85. The van der Waals surface area contributed by atoms with Gasteiger partial charge in [0.25, 0.3) is 0 Å². The van der Waals surface area contributed by atoms with Gasteiger partial charge >= 0.3 is 0 Å². The molecule has 0 aromatic carbocycles. The lowest BCUT2D eigenvalue weighted by Crippen LogP contribution is -2.54. The molecule has 1 aromatic rings. The van der Waals surface area contributed by atoms with E-state index in [-0.39, 0.29) is 23.6 Å². The Morgan fingerprint density at radius 1 is 1.38 bits per heavy atom. The summed E-state index contributed by atoms with van der Waals surface area (Å²) in [6, 6.07) is -0.0568. The average molecular weight is 315 g/mol. The number of fused-ring (bicyclic) bond motifs is 1. The van der Waals surface area contributed by atoms with Gasteiger partial charge in [0, 0.05) is 12.7 Å². The quantitative estimate of drug-likeness (QED) is 0.858. The number of nitrogens with zero attached hydrogens (tertiary/aromatic N) is 3. The van der Waals surface area contributed by atoms with Crippen molar-refractivity contribution in [2.24, 2.45) is 0 Å². The number of hydrogen-bond acceptors (Lipinski definition) is 5. The predicted molar refractivity (Wildman–Crippen MR) is 75.2 cm³/mol. The first-order valence-electron chi connectivity index (χ1n) is 7.39. The highest BCUT2D eigenvalue weighted by Gasteiger charge is 2.41. The summed E-state index contributed by atoms with van der Waals surface area (Å²) in [5.74, 6) is 0. The molecule has 2 heterocycles. The molecule has 0 bridgehead atoms. The minimum atomic E-state index is -3.54. The Bertz CT molecular complexity index is 584. The number of rotatable bonds is 4. The molecule has 1 aliphatic heterocycles. The Morgan fingerprint density at radius 3 is 3.00 bits per heavy atom. The van der Waals surface area contributed by atoms with Gasteiger partial charge in [-0.2, -0.15) is 9.40 Å². The molecule has 2 atom stereocenters. The van der Waals surface area contributed by atoms with Crippen LogP contribution in [-0.2, 0) is 21.3 Å². The SMILES string of the molecule is O=S(=O)(c1cnn(CCO)c1)N1CCOC2CCCCC21. The van der Waals surface area contributed by atoms with Gasteiger partial charge in [-0.15, -0.1) is 0 Å². The third-order valence-corrected chi connectivity index (χ3v) is 6.10. The van der Waals surface area contributed by atoms with Crippen molar-refractivity contribution >= 4 is 10.0 Å². The molecule has 2 unspecified atom stereocenters. The minimum absolute atomic E-state index is 0.0229. The van der Waals surface area contributed by atoms with E-state index >= 15 is 0 Å². The molecule has 1 aromatic heterocycles. The largest absolute Gasteiger partial charge is 0.394 e. The zero-order valence-corrected chi connectivity index (χ0v) is 12.7. The van der Waals surface area contributed by atoms with Crippen LogP contribution in [0.25, 0.3) is 0 Å². The van der Waals surface area contributed by atoms with E-state index in [1.165, 1.54) is 17.1 Å². The van der Waals surface area contributed by atoms with E-state index in [1.807, 2.05) is 0 Å². The van der Waals surface area contributed by atoms with Crippen molar-refractivity contribution in [2.75, 3.05) is 19.8 Å². The maximum Gasteiger partial charge on any atom is 0.246 e. The summed E-state index contributed by atoms with van der Waals surface area (Å²) in [6.45, 7) is 1.08. The lowest BCUT2D eigenvalue weighted by molar-refractivity contribution is -0.0586. The number of morpholine rings is 1. The molecule has 1 saturated carbocycles. The first kappa shape index (κ1) is 15.0. The second kappa shape index (κ2) is 6.04. The van der Waals surface area contributed by atoms with Crippen molar-refractivity contribution in [3.05, 3.63) is 12.4 Å². The zero-order valence-electron chi connectivity index (χ0n) is 11.9. The number of ether oxygens (including phenoxy) is 1. The second-order valence-electron chi connectivity index (χ2n) is 5.54. The Balaban J connectivity index is 1.85. The predicted octanol–water partition coefficient (Wildman–Crippen LogP) is 0.207. The highest BCUT2D eigenvalue weighted by Crippen LogP contribution is 2.32. The van der Waals surface area contributed by atoms with Crippen LogP contribution in [0.1, 0.15) is 25.7 Å². The molecule has 2 fully saturated rings. The van der Waals surface area contributed by atoms with Crippen molar-refractivity contribution < 1.29 is 18.3 Å². The summed E-state index contributed by atoms with van der Waals surface area (Å²) in [4.78, 5) is 0.196. The van der Waals surface area contributed by atoms with Gasteiger partial charge in [0.05, 0.1) is 38.1 Å². The minimum Gasteiger partial charge on any atom is -0.394 e. The molecule has 21 heavy (non-hydrogen) atoms. The lowest BCUT2D eigenvalue weighted by Gasteiger charge is -2.42. The van der Waals surface area contributed by atoms with Gasteiger partial charge in [0.2, 0.25) is 10.0 Å². The topological polar surface area (TPSA) is 84.7 Å². The van der Waals surface area contributed by atoms with Crippen LogP contribution >= 0.6 is 0 Å². The Labute approximate surface area is 124 Å². The molecule has 118 valence electrons. The van der Waals surface area contributed by atoms with Crippen molar-refractivity contribution in [2.45, 2.75) is 49.3 Å². The molecule has 1 aliphatic carbocycles. The number of aliphatic hydroxyl groups is 1. The van der Waals surface area contributed by atoms with Crippen LogP contribution in [0.3, 0.4) is 0 Å². The van der Waals surface area contributed by atoms with Gasteiger partial charge in [-0.05, 0) is 12.8 Å². The van der Waals surface area contributed by atoms with Crippen LogP contribution in [0.5, 0.6) is 0 Å². The summed E-state index contributed by atoms with van der Waals surface area (Å²) in [6.07, 6.45) is 6.80. The summed E-state index contributed by atoms with van der Waals surface area (Å²) >= 11 is 0. The maximum atomic E-state index is 12.8. The fraction of sp³-hybridized carbons (Fsp3) is 0.769. The molecule has 1 saturated heterocycles. The maximum absolute atomic E-state index is 12.8. The molecule has 3 rings (SSSR count). The standard InChI is InChI=1S/C13H21N3O4S/c17-7-5-15-10-11(9-14-15)21(18,19)16-6-8-20-13-4-2-1-3-12(13)16/h9-10,12-13,17H,1-8H2. The third-order valence-electron chi connectivity index (χ3n) is 4.23. The Hall–Kier alpha value is -0.960. The Morgan fingerprint density at radius 2 is 2.19 bits per heavy atom. The van der Waals surface area contributed by atoms with E-state index in [0.29, 0.717) is 19.7 Å². The molecular weight excluding hydrogens is 294 g/mol. The van der Waals surface area contributed by atoms with Crippen molar-refractivity contribution in [3.63, 3.8) is 0 Å². The number of aliphatic hydroxyl groups excluding tert-OH is 1. The smallest absolute Gasteiger partial charge is 0.246 e. The fourth-order valence-corrected chi connectivity index (χ4v) is 4.82. The molecular formula is C13H21N3O4S. The summed E-state index contributed by atoms with van der Waals surface area (Å²) in [5, 5.41) is 12.9. The van der Waals surface area contributed by atoms with Crippen LogP contribution in [0.15, 0.2) is 17.3 Å². The fourth-order valence-electron chi connectivity index (χ4n) is 3.20. The normalized spacial score (nSPS) is 27.5. The second-order valence-corrected chi connectivity index (χ2v) is 7.43. The van der Waals surface area contributed by atoms with E-state index in [2.05, 4.69) is 5.10 Å². The zero-order chi connectivity index (χ0) is 14.9. The van der Waals surface area contributed by atoms with Gasteiger partial charge in [-0.25, -0.2) is 8.42 Å². The first-order chi connectivity index (χ1) is 10.1. The lowest BCUT2D eigenvalue weighted by atomic mass is 9.91. The van der Waals surface area contributed by atoms with Crippen molar-refractivity contribution in [1.82, 2.24) is 14.1 Å². The van der Waals surface area contributed by atoms with Crippen LogP contribution in [0.4, 0.5) is 0 Å². The molecule has 0 radical (unpaired) electrons. The molecule has 1 N–H and O–H groups in total. The van der Waals surface area contributed by atoms with E-state index in [9.17, 15) is 8.42 Å². The van der Waals surface area contributed by atoms with E-state index < -0.39 is 10.0 Å². The molecule has 7 nitrogen and oxygen atoms in total. The first-order valence-corrected chi connectivity index (χ1v) is 8.83. The van der Waals surface area contributed by atoms with Crippen LogP contribution in [0.2, 0.25) is 0 Å². The highest BCUT2D eigenvalue weighted by atomic mass is 32.2. The summed E-state index contributed by atoms with van der Waals surface area (Å²) in [7, 11) is -3.54. The number of aromatic nitrogens is 2. The van der Waals surface area contributed by atoms with Gasteiger partial charge < -0.3 is 9.84 Å². The molecule has 8 heteroatoms. The monoisotopic (exact) mass is 315 g/mol. The highest BCUT2D eigenvalue weighted by molar-refractivity contribution is 7.89. The summed E-state index contributed by atoms with van der Waals surface area (Å²) in [5.41, 5.74) is 0. The van der Waals surface area contributed by atoms with Gasteiger partial charge in [0.15, 0.2) is 0 Å². The van der Waals surface area contributed by atoms with Crippen molar-refractivity contribution in [3.8, 4) is 0 Å². The molecule has 2 aliphatic rings. The molecule has 0 amide bonds. The van der Waals surface area contributed by atoms with Gasteiger partial charge in [0.1, 0.15) is 4.90 Å². The van der Waals surface area contributed by atoms with Gasteiger partial charge in [-0.1, -0.05) is 12.8 Å². The average Bonchev–Trinajstić information content (AvgIpc) is 2.96. The van der Waals surface area contributed by atoms with Crippen molar-refractivity contribution in [1.29, 1.82) is 0 Å². The molecule has 0 spiro atoms. The van der Waals surface area contributed by atoms with Crippen LogP contribution in [-0.4, -0.2) is 59.5 Å². The van der Waals surface area contributed by atoms with Crippen LogP contribution < -0.4 is 0 Å². The van der Waals surface area contributed by atoms with Crippen LogP contribution in [0, 0.1) is 0 Å². The number of sulfonamides is 1. The summed E-state index contributed by atoms with van der Waals surface area (Å²) < 4.78 is 34.4. The Kier molecular flexibility index (Phi) is 4.30.